The van der Waals surface area contributed by atoms with Crippen molar-refractivity contribution in [1.29, 1.82) is 5.26 Å². The van der Waals surface area contributed by atoms with Gasteiger partial charge in [0.15, 0.2) is 0 Å². The fourth-order valence-corrected chi connectivity index (χ4v) is 4.60. The molecule has 0 atom stereocenters. The molecule has 2 fully saturated rings. The van der Waals surface area contributed by atoms with Crippen LogP contribution in [0.4, 0.5) is 0 Å². The van der Waals surface area contributed by atoms with E-state index in [9.17, 15) is 5.26 Å². The maximum Gasteiger partial charge on any atom is 0.120 e. The summed E-state index contributed by atoms with van der Waals surface area (Å²) in [6, 6.07) is 21.7. The van der Waals surface area contributed by atoms with E-state index in [1.165, 1.54) is 0 Å². The largest absolute Gasteiger partial charge is 0.489 e. The Morgan fingerprint density at radius 2 is 1.79 bits per heavy atom. The lowest BCUT2D eigenvalue weighted by atomic mass is 9.69. The summed E-state index contributed by atoms with van der Waals surface area (Å²) >= 11 is 0. The van der Waals surface area contributed by atoms with Crippen molar-refractivity contribution < 1.29 is 4.74 Å². The van der Waals surface area contributed by atoms with Crippen molar-refractivity contribution in [3.8, 4) is 11.8 Å². The Morgan fingerprint density at radius 3 is 2.50 bits per heavy atom. The van der Waals surface area contributed by atoms with Gasteiger partial charge < -0.3 is 10.1 Å². The van der Waals surface area contributed by atoms with Gasteiger partial charge in [-0.2, -0.15) is 5.26 Å². The van der Waals surface area contributed by atoms with Gasteiger partial charge in [-0.25, -0.2) is 0 Å². The summed E-state index contributed by atoms with van der Waals surface area (Å²) in [7, 11) is 0. The van der Waals surface area contributed by atoms with Crippen LogP contribution in [0.3, 0.4) is 0 Å². The summed E-state index contributed by atoms with van der Waals surface area (Å²) in [5.74, 6) is 0.847. The Labute approximate surface area is 168 Å². The molecule has 1 saturated heterocycles. The van der Waals surface area contributed by atoms with E-state index in [0.717, 1.165) is 68.7 Å². The minimum atomic E-state index is -0.378. The first kappa shape index (κ1) is 19.0. The highest BCUT2D eigenvalue weighted by Crippen LogP contribution is 2.41. The summed E-state index contributed by atoms with van der Waals surface area (Å²) in [4.78, 5) is 2.61. The van der Waals surface area contributed by atoms with Crippen LogP contribution in [0.5, 0.6) is 5.75 Å². The standard InChI is InChI=1S/C24H29N3O/c25-19-24(11-9-22(10-12-24)27-15-13-26-14-16-27)21-7-4-8-23(17-21)28-18-20-5-2-1-3-6-20/h1-8,17,22,26H,9-16,18H2. The molecule has 4 rings (SSSR count). The fourth-order valence-electron chi connectivity index (χ4n) is 4.60. The summed E-state index contributed by atoms with van der Waals surface area (Å²) in [5, 5.41) is 13.5. The molecule has 2 aromatic rings. The lowest BCUT2D eigenvalue weighted by Crippen LogP contribution is -2.50. The number of hydrogen-bond donors (Lipinski definition) is 1. The molecule has 2 aliphatic rings. The van der Waals surface area contributed by atoms with Crippen molar-refractivity contribution >= 4 is 0 Å². The third kappa shape index (κ3) is 4.22. The highest BCUT2D eigenvalue weighted by molar-refractivity contribution is 5.39. The van der Waals surface area contributed by atoms with Crippen molar-refractivity contribution in [2.75, 3.05) is 26.2 Å². The second-order valence-electron chi connectivity index (χ2n) is 8.01. The normalized spacial score (nSPS) is 25.8. The van der Waals surface area contributed by atoms with Gasteiger partial charge in [-0.15, -0.1) is 0 Å². The van der Waals surface area contributed by atoms with Gasteiger partial charge in [0.25, 0.3) is 0 Å². The summed E-state index contributed by atoms with van der Waals surface area (Å²) in [6.07, 6.45) is 4.06. The second kappa shape index (κ2) is 8.77. The zero-order valence-corrected chi connectivity index (χ0v) is 16.4. The van der Waals surface area contributed by atoms with E-state index in [2.05, 4.69) is 40.6 Å². The molecule has 146 valence electrons. The Morgan fingerprint density at radius 1 is 1.04 bits per heavy atom. The van der Waals surface area contributed by atoms with E-state index < -0.39 is 0 Å². The maximum absolute atomic E-state index is 10.1. The molecule has 0 amide bonds. The molecule has 1 N–H and O–H groups in total. The molecule has 28 heavy (non-hydrogen) atoms. The molecule has 0 radical (unpaired) electrons. The van der Waals surface area contributed by atoms with E-state index >= 15 is 0 Å². The molecular formula is C24H29N3O. The molecule has 0 spiro atoms. The molecule has 1 aliphatic heterocycles. The van der Waals surface area contributed by atoms with E-state index in [1.54, 1.807) is 0 Å². The zero-order chi connectivity index (χ0) is 19.2. The van der Waals surface area contributed by atoms with Gasteiger partial charge in [0.2, 0.25) is 0 Å². The Kier molecular flexibility index (Phi) is 5.95. The van der Waals surface area contributed by atoms with Crippen LogP contribution in [-0.2, 0) is 12.0 Å². The van der Waals surface area contributed by atoms with Crippen molar-refractivity contribution in [3.63, 3.8) is 0 Å². The van der Waals surface area contributed by atoms with Crippen LogP contribution in [-0.4, -0.2) is 37.1 Å². The topological polar surface area (TPSA) is 48.3 Å². The van der Waals surface area contributed by atoms with Gasteiger partial charge in [0.05, 0.1) is 11.5 Å². The molecule has 1 heterocycles. The predicted molar refractivity (Wildman–Crippen MR) is 111 cm³/mol. The third-order valence-electron chi connectivity index (χ3n) is 6.33. The van der Waals surface area contributed by atoms with Crippen LogP contribution < -0.4 is 10.1 Å². The molecule has 4 nitrogen and oxygen atoms in total. The minimum Gasteiger partial charge on any atom is -0.489 e. The molecule has 1 saturated carbocycles. The van der Waals surface area contributed by atoms with Gasteiger partial charge >= 0.3 is 0 Å². The van der Waals surface area contributed by atoms with Crippen LogP contribution in [0.15, 0.2) is 54.6 Å². The Hall–Kier alpha value is -2.35. The van der Waals surface area contributed by atoms with Crippen LogP contribution >= 0.6 is 0 Å². The third-order valence-corrected chi connectivity index (χ3v) is 6.33. The molecular weight excluding hydrogens is 346 g/mol. The number of nitriles is 1. The van der Waals surface area contributed by atoms with E-state index in [1.807, 2.05) is 30.3 Å². The van der Waals surface area contributed by atoms with Gasteiger partial charge in [-0.3, -0.25) is 4.90 Å². The summed E-state index contributed by atoms with van der Waals surface area (Å²) < 4.78 is 6.00. The number of rotatable bonds is 5. The number of hydrogen-bond acceptors (Lipinski definition) is 4. The number of benzene rings is 2. The van der Waals surface area contributed by atoms with Crippen LogP contribution in [0.1, 0.15) is 36.8 Å². The minimum absolute atomic E-state index is 0.378. The first-order chi connectivity index (χ1) is 13.8. The number of piperazine rings is 1. The van der Waals surface area contributed by atoms with Crippen molar-refractivity contribution in [3.05, 3.63) is 65.7 Å². The molecule has 0 aromatic heterocycles. The van der Waals surface area contributed by atoms with Crippen LogP contribution in [0.2, 0.25) is 0 Å². The molecule has 1 aliphatic carbocycles. The molecule has 2 aromatic carbocycles. The van der Waals surface area contributed by atoms with Crippen LogP contribution in [0, 0.1) is 11.3 Å². The monoisotopic (exact) mass is 375 g/mol. The van der Waals surface area contributed by atoms with Gasteiger partial charge in [-0.05, 0) is 48.9 Å². The predicted octanol–water partition coefficient (Wildman–Crippen LogP) is 3.87. The lowest BCUT2D eigenvalue weighted by molar-refractivity contribution is 0.122. The van der Waals surface area contributed by atoms with Crippen LogP contribution in [0.25, 0.3) is 0 Å². The highest BCUT2D eigenvalue weighted by atomic mass is 16.5. The van der Waals surface area contributed by atoms with Crippen molar-refractivity contribution in [2.24, 2.45) is 0 Å². The van der Waals surface area contributed by atoms with E-state index in [-0.39, 0.29) is 5.41 Å². The first-order valence-corrected chi connectivity index (χ1v) is 10.4. The van der Waals surface area contributed by atoms with E-state index in [0.29, 0.717) is 12.6 Å². The maximum atomic E-state index is 10.1. The zero-order valence-electron chi connectivity index (χ0n) is 16.4. The molecule has 4 heteroatoms. The van der Waals surface area contributed by atoms with Gasteiger partial charge in [0.1, 0.15) is 12.4 Å². The Bertz CT molecular complexity index is 800. The highest BCUT2D eigenvalue weighted by Gasteiger charge is 2.39. The van der Waals surface area contributed by atoms with Crippen molar-refractivity contribution in [1.82, 2.24) is 10.2 Å². The van der Waals surface area contributed by atoms with Gasteiger partial charge in [0, 0.05) is 32.2 Å². The Balaban J connectivity index is 1.42. The average Bonchev–Trinajstić information content (AvgIpc) is 2.79. The van der Waals surface area contributed by atoms with E-state index in [4.69, 9.17) is 4.74 Å². The summed E-state index contributed by atoms with van der Waals surface area (Å²) in [6.45, 7) is 4.98. The number of ether oxygens (including phenoxy) is 1. The van der Waals surface area contributed by atoms with Gasteiger partial charge in [-0.1, -0.05) is 42.5 Å². The SMILES string of the molecule is N#CC1(c2cccc(OCc3ccccc3)c2)CCC(N2CCNCC2)CC1. The number of nitrogens with one attached hydrogen (secondary N) is 1. The molecule has 0 unspecified atom stereocenters. The average molecular weight is 376 g/mol. The summed E-state index contributed by atoms with van der Waals surface area (Å²) in [5.41, 5.74) is 1.88. The van der Waals surface area contributed by atoms with Crippen molar-refractivity contribution in [2.45, 2.75) is 43.7 Å². The molecule has 0 bridgehead atoms. The second-order valence-corrected chi connectivity index (χ2v) is 8.01. The smallest absolute Gasteiger partial charge is 0.120 e. The first-order valence-electron chi connectivity index (χ1n) is 10.4. The fraction of sp³-hybridized carbons (Fsp3) is 0.458. The number of nitrogens with zero attached hydrogens (tertiary/aromatic N) is 2. The quantitative estimate of drug-likeness (QED) is 0.862. The lowest BCUT2D eigenvalue weighted by Gasteiger charge is -2.42.